The maximum atomic E-state index is 12.5. The van der Waals surface area contributed by atoms with Gasteiger partial charge in [-0.1, -0.05) is 52.3 Å². The van der Waals surface area contributed by atoms with Crippen molar-refractivity contribution in [2.75, 3.05) is 17.3 Å². The van der Waals surface area contributed by atoms with Gasteiger partial charge >= 0.3 is 0 Å². The summed E-state index contributed by atoms with van der Waals surface area (Å²) in [7, 11) is 2.00. The monoisotopic (exact) mass is 395 g/mol. The standard InChI is InChI=1S/C20H18BrN3O/c1-24(14-15-6-3-2-4-7-15)18-10-11-22-19(13-18)20(25)23-17-9-5-8-16(21)12-17/h2-13H,14H2,1H3,(H,23,25). The Morgan fingerprint density at radius 3 is 2.64 bits per heavy atom. The molecule has 4 nitrogen and oxygen atoms in total. The molecule has 0 spiro atoms. The Bertz CT molecular complexity index is 868. The summed E-state index contributed by atoms with van der Waals surface area (Å²) in [5.74, 6) is -0.229. The van der Waals surface area contributed by atoms with Gasteiger partial charge in [-0.2, -0.15) is 0 Å². The quantitative estimate of drug-likeness (QED) is 0.678. The van der Waals surface area contributed by atoms with Crippen LogP contribution >= 0.6 is 15.9 Å². The van der Waals surface area contributed by atoms with Crippen LogP contribution in [-0.4, -0.2) is 17.9 Å². The number of benzene rings is 2. The molecule has 1 N–H and O–H groups in total. The third-order valence-corrected chi connectivity index (χ3v) is 4.26. The maximum Gasteiger partial charge on any atom is 0.274 e. The van der Waals surface area contributed by atoms with Crippen LogP contribution < -0.4 is 10.2 Å². The fraction of sp³-hybridized carbons (Fsp3) is 0.100. The molecule has 3 rings (SSSR count). The molecule has 3 aromatic rings. The second-order valence-electron chi connectivity index (χ2n) is 5.71. The van der Waals surface area contributed by atoms with Crippen molar-refractivity contribution in [3.63, 3.8) is 0 Å². The third kappa shape index (κ3) is 4.67. The van der Waals surface area contributed by atoms with Gasteiger partial charge in [0.15, 0.2) is 0 Å². The predicted molar refractivity (Wildman–Crippen MR) is 105 cm³/mol. The number of hydrogen-bond donors (Lipinski definition) is 1. The molecule has 0 aliphatic heterocycles. The van der Waals surface area contributed by atoms with Gasteiger partial charge < -0.3 is 10.2 Å². The van der Waals surface area contributed by atoms with Crippen LogP contribution in [0.3, 0.4) is 0 Å². The average Bonchev–Trinajstić information content (AvgIpc) is 2.62. The highest BCUT2D eigenvalue weighted by Crippen LogP contribution is 2.19. The summed E-state index contributed by atoms with van der Waals surface area (Å²) >= 11 is 3.40. The lowest BCUT2D eigenvalue weighted by Gasteiger charge is -2.19. The van der Waals surface area contributed by atoms with Gasteiger partial charge in [-0.25, -0.2) is 0 Å². The van der Waals surface area contributed by atoms with Crippen molar-refractivity contribution in [2.24, 2.45) is 0 Å². The van der Waals surface area contributed by atoms with Crippen LogP contribution in [0.25, 0.3) is 0 Å². The number of nitrogens with zero attached hydrogens (tertiary/aromatic N) is 2. The molecule has 126 valence electrons. The van der Waals surface area contributed by atoms with E-state index >= 15 is 0 Å². The van der Waals surface area contributed by atoms with Gasteiger partial charge in [0.05, 0.1) is 0 Å². The first-order valence-electron chi connectivity index (χ1n) is 7.90. The highest BCUT2D eigenvalue weighted by Gasteiger charge is 2.10. The van der Waals surface area contributed by atoms with E-state index in [0.29, 0.717) is 5.69 Å². The van der Waals surface area contributed by atoms with Gasteiger partial charge in [0, 0.05) is 35.6 Å². The second kappa shape index (κ2) is 7.94. The lowest BCUT2D eigenvalue weighted by Crippen LogP contribution is -2.18. The molecule has 2 aromatic carbocycles. The predicted octanol–water partition coefficient (Wildman–Crippen LogP) is 4.73. The third-order valence-electron chi connectivity index (χ3n) is 3.76. The van der Waals surface area contributed by atoms with Gasteiger partial charge in [0.25, 0.3) is 5.91 Å². The van der Waals surface area contributed by atoms with Gasteiger partial charge in [0.1, 0.15) is 5.69 Å². The van der Waals surface area contributed by atoms with Crippen molar-refractivity contribution in [1.82, 2.24) is 4.98 Å². The summed E-state index contributed by atoms with van der Waals surface area (Å²) in [4.78, 5) is 18.7. The van der Waals surface area contributed by atoms with E-state index in [1.807, 2.05) is 55.6 Å². The first kappa shape index (κ1) is 17.2. The van der Waals surface area contributed by atoms with E-state index in [1.165, 1.54) is 5.56 Å². The summed E-state index contributed by atoms with van der Waals surface area (Å²) in [6, 6.07) is 21.4. The topological polar surface area (TPSA) is 45.2 Å². The zero-order valence-corrected chi connectivity index (χ0v) is 15.4. The fourth-order valence-electron chi connectivity index (χ4n) is 2.49. The van der Waals surface area contributed by atoms with Crippen LogP contribution in [0.4, 0.5) is 11.4 Å². The van der Waals surface area contributed by atoms with Crippen LogP contribution in [0, 0.1) is 0 Å². The molecular weight excluding hydrogens is 378 g/mol. The highest BCUT2D eigenvalue weighted by molar-refractivity contribution is 9.10. The number of carbonyl (C=O) groups excluding carboxylic acids is 1. The minimum atomic E-state index is -0.229. The lowest BCUT2D eigenvalue weighted by molar-refractivity contribution is 0.102. The number of nitrogens with one attached hydrogen (secondary N) is 1. The van der Waals surface area contributed by atoms with Crippen LogP contribution in [0.1, 0.15) is 16.1 Å². The molecule has 1 heterocycles. The Labute approximate surface area is 155 Å². The molecule has 25 heavy (non-hydrogen) atoms. The largest absolute Gasteiger partial charge is 0.370 e. The SMILES string of the molecule is CN(Cc1ccccc1)c1ccnc(C(=O)Nc2cccc(Br)c2)c1. The minimum absolute atomic E-state index is 0.229. The Balaban J connectivity index is 1.73. The number of hydrogen-bond acceptors (Lipinski definition) is 3. The first-order chi connectivity index (χ1) is 12.1. The Hall–Kier alpha value is -2.66. The number of amides is 1. The lowest BCUT2D eigenvalue weighted by atomic mass is 10.2. The van der Waals surface area contributed by atoms with Gasteiger partial charge in [-0.05, 0) is 35.9 Å². The molecule has 0 saturated carbocycles. The number of carbonyl (C=O) groups is 1. The van der Waals surface area contributed by atoms with Crippen molar-refractivity contribution in [1.29, 1.82) is 0 Å². The number of aromatic nitrogens is 1. The molecule has 1 aromatic heterocycles. The van der Waals surface area contributed by atoms with Crippen molar-refractivity contribution >= 4 is 33.2 Å². The van der Waals surface area contributed by atoms with Crippen molar-refractivity contribution < 1.29 is 4.79 Å². The number of rotatable bonds is 5. The van der Waals surface area contributed by atoms with Crippen molar-refractivity contribution in [2.45, 2.75) is 6.54 Å². The number of pyridine rings is 1. The molecule has 0 bridgehead atoms. The van der Waals surface area contributed by atoms with Gasteiger partial charge in [0.2, 0.25) is 0 Å². The van der Waals surface area contributed by atoms with E-state index in [-0.39, 0.29) is 5.91 Å². The summed E-state index contributed by atoms with van der Waals surface area (Å²) in [6.45, 7) is 0.761. The molecule has 0 unspecified atom stereocenters. The van der Waals surface area contributed by atoms with Crippen LogP contribution in [0.15, 0.2) is 77.4 Å². The number of anilines is 2. The molecule has 1 amide bonds. The zero-order valence-electron chi connectivity index (χ0n) is 13.8. The van der Waals surface area contributed by atoms with Crippen LogP contribution in [0.5, 0.6) is 0 Å². The Kier molecular flexibility index (Phi) is 5.46. The molecule has 0 atom stereocenters. The van der Waals surface area contributed by atoms with Gasteiger partial charge in [-0.3, -0.25) is 9.78 Å². The Morgan fingerprint density at radius 1 is 1.08 bits per heavy atom. The highest BCUT2D eigenvalue weighted by atomic mass is 79.9. The van der Waals surface area contributed by atoms with E-state index in [0.717, 1.165) is 22.4 Å². The van der Waals surface area contributed by atoms with Crippen LogP contribution in [-0.2, 0) is 6.54 Å². The summed E-state index contributed by atoms with van der Waals surface area (Å²) in [5, 5.41) is 2.86. The summed E-state index contributed by atoms with van der Waals surface area (Å²) in [6.07, 6.45) is 1.66. The molecule has 5 heteroatoms. The van der Waals surface area contributed by atoms with E-state index in [2.05, 4.69) is 43.3 Å². The van der Waals surface area contributed by atoms with Crippen LogP contribution in [0.2, 0.25) is 0 Å². The van der Waals surface area contributed by atoms with Crippen molar-refractivity contribution in [3.8, 4) is 0 Å². The average molecular weight is 396 g/mol. The normalized spacial score (nSPS) is 10.3. The van der Waals surface area contributed by atoms with E-state index in [9.17, 15) is 4.79 Å². The zero-order chi connectivity index (χ0) is 17.6. The van der Waals surface area contributed by atoms with Crippen molar-refractivity contribution in [3.05, 3.63) is 88.7 Å². The molecule has 0 aliphatic rings. The van der Waals surface area contributed by atoms with E-state index in [4.69, 9.17) is 0 Å². The molecule has 0 radical (unpaired) electrons. The Morgan fingerprint density at radius 2 is 1.88 bits per heavy atom. The number of halogens is 1. The molecule has 0 saturated heterocycles. The summed E-state index contributed by atoms with van der Waals surface area (Å²) < 4.78 is 0.912. The fourth-order valence-corrected chi connectivity index (χ4v) is 2.89. The molecule has 0 aliphatic carbocycles. The second-order valence-corrected chi connectivity index (χ2v) is 6.62. The minimum Gasteiger partial charge on any atom is -0.370 e. The summed E-state index contributed by atoms with van der Waals surface area (Å²) in [5.41, 5.74) is 3.27. The molecule has 0 fully saturated rings. The van der Waals surface area contributed by atoms with E-state index in [1.54, 1.807) is 12.3 Å². The maximum absolute atomic E-state index is 12.5. The molecular formula is C20H18BrN3O. The van der Waals surface area contributed by atoms with Gasteiger partial charge in [-0.15, -0.1) is 0 Å². The van der Waals surface area contributed by atoms with E-state index < -0.39 is 0 Å². The smallest absolute Gasteiger partial charge is 0.274 e. The first-order valence-corrected chi connectivity index (χ1v) is 8.69.